The Morgan fingerprint density at radius 1 is 1.33 bits per heavy atom. The normalized spacial score (nSPS) is 20.2. The van der Waals surface area contributed by atoms with E-state index in [-0.39, 0.29) is 0 Å². The highest BCUT2D eigenvalue weighted by Crippen LogP contribution is 2.32. The summed E-state index contributed by atoms with van der Waals surface area (Å²) in [7, 11) is 0. The zero-order valence-corrected chi connectivity index (χ0v) is 10.6. The van der Waals surface area contributed by atoms with Gasteiger partial charge >= 0.3 is 0 Å². The standard InChI is InChI=1S/C13H27NO/c1-4-5-11(2)10-15-9-8-14-12(3)13-6-7-13/h11-14H,4-10H2,1-3H3. The summed E-state index contributed by atoms with van der Waals surface area (Å²) in [6, 6.07) is 0.696. The molecule has 0 aromatic carbocycles. The summed E-state index contributed by atoms with van der Waals surface area (Å²) < 4.78 is 5.64. The number of rotatable bonds is 9. The lowest BCUT2D eigenvalue weighted by Crippen LogP contribution is -2.31. The molecule has 0 aromatic heterocycles. The van der Waals surface area contributed by atoms with Gasteiger partial charge in [0.1, 0.15) is 0 Å². The van der Waals surface area contributed by atoms with Crippen molar-refractivity contribution < 1.29 is 4.74 Å². The molecule has 0 aliphatic heterocycles. The number of hydrogen-bond donors (Lipinski definition) is 1. The van der Waals surface area contributed by atoms with Crippen molar-refractivity contribution in [1.82, 2.24) is 5.32 Å². The molecule has 0 aromatic rings. The van der Waals surface area contributed by atoms with Gasteiger partial charge in [-0.3, -0.25) is 0 Å². The second-order valence-corrected chi connectivity index (χ2v) is 5.05. The lowest BCUT2D eigenvalue weighted by Gasteiger charge is -2.14. The fourth-order valence-corrected chi connectivity index (χ4v) is 1.98. The third-order valence-corrected chi connectivity index (χ3v) is 3.23. The van der Waals surface area contributed by atoms with Crippen LogP contribution >= 0.6 is 0 Å². The maximum atomic E-state index is 5.64. The Hall–Kier alpha value is -0.0800. The third-order valence-electron chi connectivity index (χ3n) is 3.23. The SMILES string of the molecule is CCCC(C)COCCNC(C)C1CC1. The highest BCUT2D eigenvalue weighted by molar-refractivity contribution is 4.82. The van der Waals surface area contributed by atoms with Gasteiger partial charge < -0.3 is 10.1 Å². The highest BCUT2D eigenvalue weighted by Gasteiger charge is 2.27. The van der Waals surface area contributed by atoms with Gasteiger partial charge in [-0.2, -0.15) is 0 Å². The van der Waals surface area contributed by atoms with Crippen molar-refractivity contribution in [1.29, 1.82) is 0 Å². The molecule has 2 heteroatoms. The van der Waals surface area contributed by atoms with Gasteiger partial charge in [-0.25, -0.2) is 0 Å². The average Bonchev–Trinajstić information content (AvgIpc) is 3.00. The Balaban J connectivity index is 1.83. The summed E-state index contributed by atoms with van der Waals surface area (Å²) in [4.78, 5) is 0. The lowest BCUT2D eigenvalue weighted by atomic mass is 10.1. The summed E-state index contributed by atoms with van der Waals surface area (Å²) in [6.45, 7) is 9.59. The molecule has 1 fully saturated rings. The van der Waals surface area contributed by atoms with Crippen LogP contribution in [0.2, 0.25) is 0 Å². The average molecular weight is 213 g/mol. The summed E-state index contributed by atoms with van der Waals surface area (Å²) in [6.07, 6.45) is 5.39. The molecular formula is C13H27NO. The minimum atomic E-state index is 0.696. The zero-order valence-electron chi connectivity index (χ0n) is 10.6. The first-order valence-corrected chi connectivity index (χ1v) is 6.55. The smallest absolute Gasteiger partial charge is 0.0591 e. The monoisotopic (exact) mass is 213 g/mol. The van der Waals surface area contributed by atoms with Crippen LogP contribution in [0, 0.1) is 11.8 Å². The molecule has 0 radical (unpaired) electrons. The first kappa shape index (κ1) is 13.0. The number of hydrogen-bond acceptors (Lipinski definition) is 2. The molecule has 15 heavy (non-hydrogen) atoms. The largest absolute Gasteiger partial charge is 0.380 e. The summed E-state index contributed by atoms with van der Waals surface area (Å²) in [5.41, 5.74) is 0. The van der Waals surface area contributed by atoms with E-state index in [4.69, 9.17) is 4.74 Å². The van der Waals surface area contributed by atoms with E-state index in [1.807, 2.05) is 0 Å². The van der Waals surface area contributed by atoms with Crippen molar-refractivity contribution in [3.63, 3.8) is 0 Å². The molecule has 0 heterocycles. The summed E-state index contributed by atoms with van der Waals surface area (Å²) in [5, 5.41) is 3.53. The van der Waals surface area contributed by atoms with Crippen LogP contribution in [0.4, 0.5) is 0 Å². The molecule has 1 N–H and O–H groups in total. The van der Waals surface area contributed by atoms with E-state index < -0.39 is 0 Å². The van der Waals surface area contributed by atoms with Gasteiger partial charge in [-0.05, 0) is 38.0 Å². The van der Waals surface area contributed by atoms with Gasteiger partial charge in [0.15, 0.2) is 0 Å². The predicted octanol–water partition coefficient (Wildman–Crippen LogP) is 2.83. The fraction of sp³-hybridized carbons (Fsp3) is 1.00. The van der Waals surface area contributed by atoms with Crippen molar-refractivity contribution in [2.24, 2.45) is 11.8 Å². The number of ether oxygens (including phenoxy) is 1. The Morgan fingerprint density at radius 3 is 2.67 bits per heavy atom. The predicted molar refractivity (Wildman–Crippen MR) is 65.1 cm³/mol. The van der Waals surface area contributed by atoms with E-state index in [0.29, 0.717) is 6.04 Å². The maximum absolute atomic E-state index is 5.64. The molecule has 2 atom stereocenters. The van der Waals surface area contributed by atoms with Gasteiger partial charge in [0, 0.05) is 19.2 Å². The van der Waals surface area contributed by atoms with Crippen LogP contribution in [0.25, 0.3) is 0 Å². The van der Waals surface area contributed by atoms with Crippen LogP contribution in [-0.4, -0.2) is 25.8 Å². The lowest BCUT2D eigenvalue weighted by molar-refractivity contribution is 0.102. The molecule has 1 aliphatic carbocycles. The highest BCUT2D eigenvalue weighted by atomic mass is 16.5. The summed E-state index contributed by atoms with van der Waals surface area (Å²) >= 11 is 0. The molecular weight excluding hydrogens is 186 g/mol. The molecule has 2 unspecified atom stereocenters. The van der Waals surface area contributed by atoms with Gasteiger partial charge in [-0.15, -0.1) is 0 Å². The van der Waals surface area contributed by atoms with E-state index >= 15 is 0 Å². The van der Waals surface area contributed by atoms with E-state index in [1.54, 1.807) is 0 Å². The third kappa shape index (κ3) is 6.16. The fourth-order valence-electron chi connectivity index (χ4n) is 1.98. The van der Waals surface area contributed by atoms with Gasteiger partial charge in [-0.1, -0.05) is 20.3 Å². The molecule has 1 rings (SSSR count). The Morgan fingerprint density at radius 2 is 2.07 bits per heavy atom. The Bertz CT molecular complexity index is 157. The topological polar surface area (TPSA) is 21.3 Å². The van der Waals surface area contributed by atoms with Crippen molar-refractivity contribution in [3.8, 4) is 0 Å². The van der Waals surface area contributed by atoms with Crippen LogP contribution in [0.15, 0.2) is 0 Å². The van der Waals surface area contributed by atoms with Crippen molar-refractivity contribution >= 4 is 0 Å². The van der Waals surface area contributed by atoms with Gasteiger partial charge in [0.05, 0.1) is 6.61 Å². The van der Waals surface area contributed by atoms with Crippen LogP contribution in [0.1, 0.15) is 46.5 Å². The number of nitrogens with one attached hydrogen (secondary N) is 1. The van der Waals surface area contributed by atoms with Crippen molar-refractivity contribution in [2.75, 3.05) is 19.8 Å². The second-order valence-electron chi connectivity index (χ2n) is 5.05. The van der Waals surface area contributed by atoms with E-state index in [0.717, 1.165) is 31.6 Å². The molecule has 0 bridgehead atoms. The molecule has 1 aliphatic rings. The van der Waals surface area contributed by atoms with E-state index in [2.05, 4.69) is 26.1 Å². The molecule has 90 valence electrons. The Labute approximate surface area is 94.8 Å². The van der Waals surface area contributed by atoms with E-state index in [1.165, 1.54) is 25.7 Å². The first-order valence-electron chi connectivity index (χ1n) is 6.55. The molecule has 0 saturated heterocycles. The quantitative estimate of drug-likeness (QED) is 0.595. The van der Waals surface area contributed by atoms with Crippen LogP contribution in [0.3, 0.4) is 0 Å². The second kappa shape index (κ2) is 7.24. The molecule has 0 amide bonds. The molecule has 1 saturated carbocycles. The maximum Gasteiger partial charge on any atom is 0.0591 e. The molecule has 2 nitrogen and oxygen atoms in total. The van der Waals surface area contributed by atoms with Crippen LogP contribution in [0.5, 0.6) is 0 Å². The van der Waals surface area contributed by atoms with Crippen molar-refractivity contribution in [3.05, 3.63) is 0 Å². The van der Waals surface area contributed by atoms with Crippen LogP contribution < -0.4 is 5.32 Å². The Kier molecular flexibility index (Phi) is 6.26. The first-order chi connectivity index (χ1) is 7.24. The van der Waals surface area contributed by atoms with Crippen molar-refractivity contribution in [2.45, 2.75) is 52.5 Å². The van der Waals surface area contributed by atoms with Gasteiger partial charge in [0.25, 0.3) is 0 Å². The van der Waals surface area contributed by atoms with E-state index in [9.17, 15) is 0 Å². The minimum absolute atomic E-state index is 0.696. The molecule has 0 spiro atoms. The summed E-state index contributed by atoms with van der Waals surface area (Å²) in [5.74, 6) is 1.67. The zero-order chi connectivity index (χ0) is 11.1. The minimum Gasteiger partial charge on any atom is -0.380 e. The van der Waals surface area contributed by atoms with Gasteiger partial charge in [0.2, 0.25) is 0 Å². The van der Waals surface area contributed by atoms with Crippen LogP contribution in [-0.2, 0) is 4.74 Å².